The summed E-state index contributed by atoms with van der Waals surface area (Å²) in [4.78, 5) is 19.1. The number of aromatic nitrogens is 4. The third-order valence-corrected chi connectivity index (χ3v) is 2.77. The van der Waals surface area contributed by atoms with Gasteiger partial charge in [-0.25, -0.2) is 4.98 Å². The van der Waals surface area contributed by atoms with E-state index in [0.717, 1.165) is 11.0 Å². The molecule has 2 heterocycles. The number of hydrogen-bond donors (Lipinski definition) is 2. The number of nitrogens with one attached hydrogen (secondary N) is 2. The fraction of sp³-hybridized carbons (Fsp3) is 0.154. The van der Waals surface area contributed by atoms with Gasteiger partial charge in [0.2, 0.25) is 11.9 Å². The van der Waals surface area contributed by atoms with Crippen LogP contribution in [0.15, 0.2) is 42.7 Å². The number of benzene rings is 1. The number of H-pyrrole nitrogens is 1. The topological polar surface area (TPSA) is 75.6 Å². The van der Waals surface area contributed by atoms with Crippen LogP contribution in [0.2, 0.25) is 0 Å². The van der Waals surface area contributed by atoms with Crippen LogP contribution in [0.25, 0.3) is 11.0 Å². The lowest BCUT2D eigenvalue weighted by molar-refractivity contribution is -0.116. The van der Waals surface area contributed by atoms with Crippen LogP contribution in [0, 0.1) is 0 Å². The van der Waals surface area contributed by atoms with Gasteiger partial charge < -0.3 is 4.98 Å². The number of carbonyl (C=O) groups is 1. The van der Waals surface area contributed by atoms with Gasteiger partial charge in [0.15, 0.2) is 0 Å². The zero-order chi connectivity index (χ0) is 13.1. The van der Waals surface area contributed by atoms with Crippen molar-refractivity contribution in [3.63, 3.8) is 0 Å². The second-order valence-electron chi connectivity index (χ2n) is 4.17. The molecule has 0 unspecified atom stereocenters. The van der Waals surface area contributed by atoms with Gasteiger partial charge in [0.1, 0.15) is 0 Å². The summed E-state index contributed by atoms with van der Waals surface area (Å²) in [7, 11) is 0. The van der Waals surface area contributed by atoms with Gasteiger partial charge in [0.05, 0.1) is 11.0 Å². The molecule has 0 fully saturated rings. The summed E-state index contributed by atoms with van der Waals surface area (Å²) in [5.74, 6) is 0.390. The van der Waals surface area contributed by atoms with Crippen LogP contribution in [0.4, 0.5) is 5.95 Å². The van der Waals surface area contributed by atoms with Crippen LogP contribution in [0.3, 0.4) is 0 Å². The van der Waals surface area contributed by atoms with E-state index in [4.69, 9.17) is 0 Å². The molecule has 2 aromatic heterocycles. The van der Waals surface area contributed by atoms with Gasteiger partial charge in [0, 0.05) is 25.4 Å². The largest absolute Gasteiger partial charge is 0.324 e. The minimum absolute atomic E-state index is 0.0884. The van der Waals surface area contributed by atoms with E-state index >= 15 is 0 Å². The summed E-state index contributed by atoms with van der Waals surface area (Å²) in [6.07, 6.45) is 3.88. The number of carbonyl (C=O) groups excluding carboxylic acids is 1. The van der Waals surface area contributed by atoms with E-state index in [1.165, 1.54) is 0 Å². The number of amides is 1. The molecule has 0 aliphatic carbocycles. The minimum Gasteiger partial charge on any atom is -0.324 e. The summed E-state index contributed by atoms with van der Waals surface area (Å²) in [5.41, 5.74) is 1.75. The third-order valence-electron chi connectivity index (χ3n) is 2.77. The standard InChI is InChI=1S/C13H13N5O/c19-12(6-9-18-8-3-7-14-18)17-13-15-10-4-1-2-5-11(10)16-13/h1-5,7-8H,6,9H2,(H2,15,16,17,19). The highest BCUT2D eigenvalue weighted by molar-refractivity contribution is 5.90. The van der Waals surface area contributed by atoms with Gasteiger partial charge >= 0.3 is 0 Å². The summed E-state index contributed by atoms with van der Waals surface area (Å²) in [6.45, 7) is 0.555. The predicted molar refractivity (Wildman–Crippen MR) is 71.6 cm³/mol. The van der Waals surface area contributed by atoms with E-state index in [0.29, 0.717) is 18.9 Å². The molecular weight excluding hydrogens is 242 g/mol. The quantitative estimate of drug-likeness (QED) is 0.746. The van der Waals surface area contributed by atoms with Crippen molar-refractivity contribution in [3.05, 3.63) is 42.7 Å². The minimum atomic E-state index is -0.0884. The number of hydrogen-bond acceptors (Lipinski definition) is 3. The number of aryl methyl sites for hydroxylation is 1. The fourth-order valence-electron chi connectivity index (χ4n) is 1.86. The average Bonchev–Trinajstić information content (AvgIpc) is 3.04. The maximum absolute atomic E-state index is 11.8. The second-order valence-corrected chi connectivity index (χ2v) is 4.17. The average molecular weight is 255 g/mol. The number of nitrogens with zero attached hydrogens (tertiary/aromatic N) is 3. The lowest BCUT2D eigenvalue weighted by atomic mass is 10.3. The number of imidazole rings is 1. The monoisotopic (exact) mass is 255 g/mol. The molecule has 6 nitrogen and oxygen atoms in total. The molecule has 2 N–H and O–H groups in total. The van der Waals surface area contributed by atoms with Crippen molar-refractivity contribution in [2.75, 3.05) is 5.32 Å². The summed E-state index contributed by atoms with van der Waals surface area (Å²) in [5, 5.41) is 6.79. The molecule has 3 aromatic rings. The molecule has 96 valence electrons. The van der Waals surface area contributed by atoms with Gasteiger partial charge in [-0.2, -0.15) is 5.10 Å². The molecular formula is C13H13N5O. The molecule has 3 rings (SSSR count). The molecule has 0 saturated heterocycles. The third kappa shape index (κ3) is 2.62. The molecule has 0 bridgehead atoms. The zero-order valence-electron chi connectivity index (χ0n) is 10.2. The maximum Gasteiger partial charge on any atom is 0.228 e. The number of fused-ring (bicyclic) bond motifs is 1. The predicted octanol–water partition coefficient (Wildman–Crippen LogP) is 1.79. The van der Waals surface area contributed by atoms with Gasteiger partial charge in [-0.1, -0.05) is 12.1 Å². The highest BCUT2D eigenvalue weighted by Gasteiger charge is 2.06. The van der Waals surface area contributed by atoms with E-state index in [9.17, 15) is 4.79 Å². The fourth-order valence-corrected chi connectivity index (χ4v) is 1.86. The summed E-state index contributed by atoms with van der Waals surface area (Å²) >= 11 is 0. The lowest BCUT2D eigenvalue weighted by Crippen LogP contribution is -2.15. The Bertz CT molecular complexity index is 653. The molecule has 19 heavy (non-hydrogen) atoms. The Kier molecular flexibility index (Phi) is 2.97. The highest BCUT2D eigenvalue weighted by atomic mass is 16.1. The van der Waals surface area contributed by atoms with Crippen molar-refractivity contribution in [1.82, 2.24) is 19.7 Å². The molecule has 0 saturated carbocycles. The number of rotatable bonds is 4. The van der Waals surface area contributed by atoms with Crippen molar-refractivity contribution in [2.24, 2.45) is 0 Å². The maximum atomic E-state index is 11.8. The van der Waals surface area contributed by atoms with Crippen LogP contribution in [0.1, 0.15) is 6.42 Å². The second kappa shape index (κ2) is 4.93. The Morgan fingerprint density at radius 2 is 2.21 bits per heavy atom. The van der Waals surface area contributed by atoms with Gasteiger partial charge in [0.25, 0.3) is 0 Å². The molecule has 0 spiro atoms. The van der Waals surface area contributed by atoms with Crippen LogP contribution in [0.5, 0.6) is 0 Å². The number of para-hydroxylation sites is 2. The summed E-state index contributed by atoms with van der Waals surface area (Å²) < 4.78 is 1.72. The first-order valence-corrected chi connectivity index (χ1v) is 6.03. The van der Waals surface area contributed by atoms with Gasteiger partial charge in [-0.3, -0.25) is 14.8 Å². The van der Waals surface area contributed by atoms with Crippen molar-refractivity contribution >= 4 is 22.9 Å². The van der Waals surface area contributed by atoms with Gasteiger partial charge in [-0.15, -0.1) is 0 Å². The Balaban J connectivity index is 1.62. The molecule has 6 heteroatoms. The van der Waals surface area contributed by atoms with Crippen LogP contribution in [-0.2, 0) is 11.3 Å². The summed E-state index contributed by atoms with van der Waals surface area (Å²) in [6, 6.07) is 9.47. The highest BCUT2D eigenvalue weighted by Crippen LogP contribution is 2.13. The molecule has 0 atom stereocenters. The SMILES string of the molecule is O=C(CCn1cccn1)Nc1nc2ccccc2[nH]1. The van der Waals surface area contributed by atoms with Crippen LogP contribution >= 0.6 is 0 Å². The first-order chi connectivity index (χ1) is 9.31. The van der Waals surface area contributed by atoms with Crippen molar-refractivity contribution in [2.45, 2.75) is 13.0 Å². The van der Waals surface area contributed by atoms with E-state index in [1.807, 2.05) is 36.5 Å². The smallest absolute Gasteiger partial charge is 0.228 e. The van der Waals surface area contributed by atoms with E-state index < -0.39 is 0 Å². The molecule has 0 aliphatic heterocycles. The van der Waals surface area contributed by atoms with E-state index in [2.05, 4.69) is 20.4 Å². The molecule has 0 radical (unpaired) electrons. The number of anilines is 1. The van der Waals surface area contributed by atoms with E-state index in [1.54, 1.807) is 10.9 Å². The molecule has 1 amide bonds. The Morgan fingerprint density at radius 3 is 3.00 bits per heavy atom. The Labute approximate surface area is 109 Å². The Morgan fingerprint density at radius 1 is 1.32 bits per heavy atom. The molecule has 1 aromatic carbocycles. The van der Waals surface area contributed by atoms with Crippen LogP contribution < -0.4 is 5.32 Å². The van der Waals surface area contributed by atoms with E-state index in [-0.39, 0.29) is 5.91 Å². The Hall–Kier alpha value is -2.63. The normalized spacial score (nSPS) is 10.7. The van der Waals surface area contributed by atoms with Crippen molar-refractivity contribution in [1.29, 1.82) is 0 Å². The van der Waals surface area contributed by atoms with Crippen molar-refractivity contribution in [3.8, 4) is 0 Å². The zero-order valence-corrected chi connectivity index (χ0v) is 10.2. The van der Waals surface area contributed by atoms with Crippen molar-refractivity contribution < 1.29 is 4.79 Å². The van der Waals surface area contributed by atoms with Crippen LogP contribution in [-0.4, -0.2) is 25.7 Å². The first-order valence-electron chi connectivity index (χ1n) is 6.03. The first kappa shape index (κ1) is 11.5. The number of aromatic amines is 1. The van der Waals surface area contributed by atoms with Gasteiger partial charge in [-0.05, 0) is 18.2 Å². The lowest BCUT2D eigenvalue weighted by Gasteiger charge is -2.02. The molecule has 0 aliphatic rings.